The van der Waals surface area contributed by atoms with Crippen LogP contribution in [0.3, 0.4) is 0 Å². The number of aromatic nitrogens is 2. The number of benzene rings is 1. The van der Waals surface area contributed by atoms with Crippen molar-refractivity contribution in [3.05, 3.63) is 41.2 Å². The molecule has 0 saturated carbocycles. The quantitative estimate of drug-likeness (QED) is 0.499. The van der Waals surface area contributed by atoms with E-state index in [0.717, 1.165) is 0 Å². The maximum atomic E-state index is 12.8. The molecule has 0 aliphatic carbocycles. The van der Waals surface area contributed by atoms with Crippen LogP contribution >= 0.6 is 11.6 Å². The van der Waals surface area contributed by atoms with Gasteiger partial charge in [-0.3, -0.25) is 15.1 Å². The van der Waals surface area contributed by atoms with Crippen molar-refractivity contribution in [2.45, 2.75) is 23.3 Å². The van der Waals surface area contributed by atoms with Crippen LogP contribution in [0.25, 0.3) is 0 Å². The Morgan fingerprint density at radius 1 is 1.13 bits per heavy atom. The number of amides is 1. The van der Waals surface area contributed by atoms with Crippen LogP contribution < -0.4 is 22.1 Å². The van der Waals surface area contributed by atoms with E-state index in [9.17, 15) is 13.2 Å². The number of hydrogen-bond donors (Lipinski definition) is 4. The molecule has 0 bridgehead atoms. The van der Waals surface area contributed by atoms with E-state index in [1.165, 1.54) is 4.31 Å². The summed E-state index contributed by atoms with van der Waals surface area (Å²) in [6, 6.07) is 8.35. The van der Waals surface area contributed by atoms with Gasteiger partial charge in [0, 0.05) is 13.1 Å². The van der Waals surface area contributed by atoms with E-state index < -0.39 is 21.5 Å². The molecule has 2 aromatic rings. The molecule has 1 amide bonds. The molecule has 0 atom stereocenters. The highest BCUT2D eigenvalue weighted by Crippen LogP contribution is 2.29. The number of nitrogens with two attached hydrogens (primary N) is 2. The van der Waals surface area contributed by atoms with Gasteiger partial charge in [-0.2, -0.15) is 4.31 Å². The van der Waals surface area contributed by atoms with Gasteiger partial charge < -0.3 is 16.8 Å². The third kappa shape index (κ3) is 4.13. The molecule has 3 heterocycles. The average molecular weight is 465 g/mol. The first-order chi connectivity index (χ1) is 14.7. The second kappa shape index (κ2) is 7.94. The van der Waals surface area contributed by atoms with Crippen molar-refractivity contribution in [2.24, 2.45) is 4.99 Å². The van der Waals surface area contributed by atoms with Gasteiger partial charge >= 0.3 is 0 Å². The van der Waals surface area contributed by atoms with Crippen molar-refractivity contribution < 1.29 is 13.2 Å². The van der Waals surface area contributed by atoms with E-state index in [-0.39, 0.29) is 33.3 Å². The van der Waals surface area contributed by atoms with E-state index >= 15 is 0 Å². The zero-order valence-electron chi connectivity index (χ0n) is 16.4. The van der Waals surface area contributed by atoms with Gasteiger partial charge in [-0.05, 0) is 25.0 Å². The van der Waals surface area contributed by atoms with Gasteiger partial charge in [0.2, 0.25) is 10.0 Å². The number of halogens is 1. The van der Waals surface area contributed by atoms with E-state index in [2.05, 4.69) is 25.6 Å². The van der Waals surface area contributed by atoms with E-state index in [1.807, 2.05) is 0 Å². The molecule has 0 radical (unpaired) electrons. The van der Waals surface area contributed by atoms with E-state index in [4.69, 9.17) is 23.1 Å². The largest absolute Gasteiger partial charge is 0.382 e. The summed E-state index contributed by atoms with van der Waals surface area (Å²) in [5.74, 6) is -0.576. The van der Waals surface area contributed by atoms with Crippen molar-refractivity contribution >= 4 is 45.1 Å². The number of carbonyl (C=O) groups excluding carboxylic acids is 1. The molecule has 4 rings (SSSR count). The van der Waals surface area contributed by atoms with Crippen LogP contribution in [0.4, 0.5) is 11.6 Å². The Morgan fingerprint density at radius 2 is 1.81 bits per heavy atom. The highest BCUT2D eigenvalue weighted by Gasteiger charge is 2.42. The number of rotatable bonds is 3. The standard InChI is InChI=1S/C18H21ClN8O3S/c19-13-15(21)24-14(20)12(23-13)16(28)25-17-22-10-18(26-17)6-8-27(9-7-18)31(29,30)11-4-2-1-3-5-11/h1-5H,6-10H2,(H4,20,21,24)(H2,22,25,26,28). The van der Waals surface area contributed by atoms with Crippen molar-refractivity contribution in [3.8, 4) is 0 Å². The Labute approximate surface area is 183 Å². The van der Waals surface area contributed by atoms with Gasteiger partial charge in [-0.25, -0.2) is 18.4 Å². The fourth-order valence-corrected chi connectivity index (χ4v) is 5.18. The first-order valence-corrected chi connectivity index (χ1v) is 11.3. The molecular weight excluding hydrogens is 444 g/mol. The normalized spacial score (nSPS) is 18.4. The van der Waals surface area contributed by atoms with Crippen molar-refractivity contribution in [1.82, 2.24) is 24.9 Å². The molecule has 1 aromatic heterocycles. The molecule has 164 valence electrons. The molecule has 1 spiro atoms. The highest BCUT2D eigenvalue weighted by molar-refractivity contribution is 7.89. The molecular formula is C18H21ClN8O3S. The van der Waals surface area contributed by atoms with Gasteiger partial charge in [-0.15, -0.1) is 0 Å². The zero-order chi connectivity index (χ0) is 22.2. The van der Waals surface area contributed by atoms with E-state index in [1.54, 1.807) is 30.3 Å². The lowest BCUT2D eigenvalue weighted by Gasteiger charge is -2.38. The van der Waals surface area contributed by atoms with Gasteiger partial charge in [0.15, 0.2) is 28.4 Å². The molecule has 2 aliphatic rings. The second-order valence-electron chi connectivity index (χ2n) is 7.37. The number of nitrogens with zero attached hydrogens (tertiary/aromatic N) is 4. The van der Waals surface area contributed by atoms with Crippen molar-refractivity contribution in [2.75, 3.05) is 31.1 Å². The monoisotopic (exact) mass is 464 g/mol. The second-order valence-corrected chi connectivity index (χ2v) is 9.67. The van der Waals surface area contributed by atoms with Crippen LogP contribution in [-0.4, -0.2) is 59.7 Å². The molecule has 2 aliphatic heterocycles. The Hall–Kier alpha value is -2.96. The maximum absolute atomic E-state index is 12.8. The third-order valence-corrected chi connectivity index (χ3v) is 7.53. The van der Waals surface area contributed by atoms with Crippen LogP contribution in [-0.2, 0) is 10.0 Å². The summed E-state index contributed by atoms with van der Waals surface area (Å²) in [6.07, 6.45) is 1.08. The predicted octanol–water partition coefficient (Wildman–Crippen LogP) is 0.207. The number of nitrogens with one attached hydrogen (secondary N) is 2. The summed E-state index contributed by atoms with van der Waals surface area (Å²) < 4.78 is 27.1. The number of hydrogen-bond acceptors (Lipinski definition) is 9. The molecule has 1 aromatic carbocycles. The van der Waals surface area contributed by atoms with Crippen LogP contribution in [0, 0.1) is 0 Å². The number of carbonyl (C=O) groups is 1. The first kappa shape index (κ1) is 21.3. The highest BCUT2D eigenvalue weighted by atomic mass is 35.5. The summed E-state index contributed by atoms with van der Waals surface area (Å²) in [5, 5.41) is 5.70. The number of sulfonamides is 1. The van der Waals surface area contributed by atoms with Crippen molar-refractivity contribution in [1.29, 1.82) is 0 Å². The van der Waals surface area contributed by atoms with Crippen molar-refractivity contribution in [3.63, 3.8) is 0 Å². The SMILES string of the molecule is Nc1nc(N)c(C(=O)NC2=NCC3(CCN(S(=O)(=O)c4ccccc4)CC3)N2)nc1Cl. The number of piperidine rings is 1. The summed E-state index contributed by atoms with van der Waals surface area (Å²) in [6.45, 7) is 1.09. The smallest absolute Gasteiger partial charge is 0.280 e. The number of aliphatic imine (C=N–C) groups is 1. The summed E-state index contributed by atoms with van der Waals surface area (Å²) in [7, 11) is -3.54. The summed E-state index contributed by atoms with van der Waals surface area (Å²) in [4.78, 5) is 24.8. The van der Waals surface area contributed by atoms with Gasteiger partial charge in [0.1, 0.15) is 0 Å². The average Bonchev–Trinajstić information content (AvgIpc) is 3.13. The first-order valence-electron chi connectivity index (χ1n) is 9.48. The minimum atomic E-state index is -3.54. The Balaban J connectivity index is 1.38. The van der Waals surface area contributed by atoms with Crippen LogP contribution in [0.15, 0.2) is 40.2 Å². The summed E-state index contributed by atoms with van der Waals surface area (Å²) in [5.41, 5.74) is 10.6. The summed E-state index contributed by atoms with van der Waals surface area (Å²) >= 11 is 5.82. The fourth-order valence-electron chi connectivity index (χ4n) is 3.59. The number of guanidine groups is 1. The van der Waals surface area contributed by atoms with E-state index in [0.29, 0.717) is 32.5 Å². The van der Waals surface area contributed by atoms with Crippen LogP contribution in [0.1, 0.15) is 23.3 Å². The minimum absolute atomic E-state index is 0.0665. The fraction of sp³-hybridized carbons (Fsp3) is 0.333. The third-order valence-electron chi connectivity index (χ3n) is 5.34. The molecule has 1 fully saturated rings. The van der Waals surface area contributed by atoms with Gasteiger partial charge in [0.05, 0.1) is 17.0 Å². The number of anilines is 2. The lowest BCUT2D eigenvalue weighted by atomic mass is 9.89. The Bertz CT molecular complexity index is 1150. The molecule has 6 N–H and O–H groups in total. The Kier molecular flexibility index (Phi) is 5.45. The predicted molar refractivity (Wildman–Crippen MR) is 116 cm³/mol. The minimum Gasteiger partial charge on any atom is -0.382 e. The zero-order valence-corrected chi connectivity index (χ0v) is 17.9. The van der Waals surface area contributed by atoms with Gasteiger partial charge in [0.25, 0.3) is 5.91 Å². The van der Waals surface area contributed by atoms with Crippen LogP contribution in [0.2, 0.25) is 5.15 Å². The maximum Gasteiger partial charge on any atom is 0.280 e. The molecule has 11 nitrogen and oxygen atoms in total. The lowest BCUT2D eigenvalue weighted by molar-refractivity contribution is 0.0971. The Morgan fingerprint density at radius 3 is 2.48 bits per heavy atom. The molecule has 0 unspecified atom stereocenters. The molecule has 31 heavy (non-hydrogen) atoms. The molecule has 1 saturated heterocycles. The lowest BCUT2D eigenvalue weighted by Crippen LogP contribution is -2.56. The topological polar surface area (TPSA) is 169 Å². The molecule has 13 heteroatoms. The van der Waals surface area contributed by atoms with Gasteiger partial charge in [-0.1, -0.05) is 29.8 Å². The van der Waals surface area contributed by atoms with Crippen LogP contribution in [0.5, 0.6) is 0 Å². The number of nitrogen functional groups attached to an aromatic ring is 2.